The number of thiocarbonyl (C=S) groups is 1. The summed E-state index contributed by atoms with van der Waals surface area (Å²) >= 11 is 4.94. The summed E-state index contributed by atoms with van der Waals surface area (Å²) in [6, 6.07) is 4.89. The average molecular weight is 280 g/mol. The topological polar surface area (TPSA) is 29.3 Å². The lowest BCUT2D eigenvalue weighted by atomic mass is 10.0. The van der Waals surface area contributed by atoms with Crippen molar-refractivity contribution in [1.29, 1.82) is 0 Å². The molecule has 0 aromatic heterocycles. The molecule has 1 saturated heterocycles. The molecule has 1 aliphatic rings. The Balaban J connectivity index is 2.03. The van der Waals surface area contributed by atoms with Crippen molar-refractivity contribution in [3.8, 4) is 0 Å². The molecule has 0 spiro atoms. The van der Waals surface area contributed by atoms with Gasteiger partial charge in [-0.2, -0.15) is 0 Å². The Morgan fingerprint density at radius 3 is 3.00 bits per heavy atom. The molecule has 104 valence electrons. The number of likely N-dealkylation sites (tertiary alicyclic amines) is 1. The van der Waals surface area contributed by atoms with Crippen LogP contribution in [-0.2, 0) is 6.54 Å². The lowest BCUT2D eigenvalue weighted by molar-refractivity contribution is 0.308. The first kappa shape index (κ1) is 14.4. The van der Waals surface area contributed by atoms with Crippen LogP contribution in [0.15, 0.2) is 18.2 Å². The van der Waals surface area contributed by atoms with E-state index >= 15 is 0 Å². The lowest BCUT2D eigenvalue weighted by Crippen LogP contribution is -2.21. The molecule has 19 heavy (non-hydrogen) atoms. The molecule has 1 unspecified atom stereocenters. The summed E-state index contributed by atoms with van der Waals surface area (Å²) in [5.41, 5.74) is 7.04. The molecule has 0 saturated carbocycles. The first-order valence-corrected chi connectivity index (χ1v) is 7.31. The molecule has 1 heterocycles. The Morgan fingerprint density at radius 1 is 1.53 bits per heavy atom. The van der Waals surface area contributed by atoms with Gasteiger partial charge in [-0.05, 0) is 43.5 Å². The van der Waals surface area contributed by atoms with Crippen LogP contribution in [0.25, 0.3) is 0 Å². The Bertz CT molecular complexity index is 461. The number of halogens is 1. The van der Waals surface area contributed by atoms with Crippen LogP contribution in [0.5, 0.6) is 0 Å². The second-order valence-electron chi connectivity index (χ2n) is 5.35. The number of benzene rings is 1. The summed E-state index contributed by atoms with van der Waals surface area (Å²) in [6.07, 6.45) is 3.72. The number of nitrogens with zero attached hydrogens (tertiary/aromatic N) is 1. The smallest absolute Gasteiger partial charge is 0.127 e. The summed E-state index contributed by atoms with van der Waals surface area (Å²) < 4.78 is 13.8. The SMILES string of the molecule is CCCC1CCN(Cc2cc(C(N)=S)ccc2F)C1. The maximum Gasteiger partial charge on any atom is 0.127 e. The normalized spacial score (nSPS) is 19.8. The minimum absolute atomic E-state index is 0.168. The molecule has 1 atom stereocenters. The Hall–Kier alpha value is -1.00. The van der Waals surface area contributed by atoms with Crippen molar-refractivity contribution in [1.82, 2.24) is 4.90 Å². The van der Waals surface area contributed by atoms with Gasteiger partial charge < -0.3 is 5.73 Å². The molecule has 1 aromatic carbocycles. The van der Waals surface area contributed by atoms with Gasteiger partial charge in [-0.1, -0.05) is 25.6 Å². The first-order chi connectivity index (χ1) is 9.10. The highest BCUT2D eigenvalue weighted by Crippen LogP contribution is 2.23. The third kappa shape index (κ3) is 3.74. The summed E-state index contributed by atoms with van der Waals surface area (Å²) in [5, 5.41) is 0. The van der Waals surface area contributed by atoms with Gasteiger partial charge in [0.15, 0.2) is 0 Å². The van der Waals surface area contributed by atoms with Gasteiger partial charge in [0, 0.05) is 24.2 Å². The van der Waals surface area contributed by atoms with Crippen molar-refractivity contribution >= 4 is 17.2 Å². The van der Waals surface area contributed by atoms with Crippen LogP contribution < -0.4 is 5.73 Å². The van der Waals surface area contributed by atoms with E-state index in [0.29, 0.717) is 17.1 Å². The molecule has 0 aliphatic carbocycles. The molecule has 4 heteroatoms. The Kier molecular flexibility index (Phi) is 4.88. The fraction of sp³-hybridized carbons (Fsp3) is 0.533. The van der Waals surface area contributed by atoms with Crippen molar-refractivity contribution in [3.63, 3.8) is 0 Å². The molecule has 0 bridgehead atoms. The average Bonchev–Trinajstić information content (AvgIpc) is 2.80. The second kappa shape index (κ2) is 6.44. The predicted octanol–water partition coefficient (Wildman–Crippen LogP) is 3.08. The zero-order chi connectivity index (χ0) is 13.8. The van der Waals surface area contributed by atoms with Crippen molar-refractivity contribution in [2.45, 2.75) is 32.7 Å². The minimum Gasteiger partial charge on any atom is -0.389 e. The van der Waals surface area contributed by atoms with Crippen LogP contribution in [0.3, 0.4) is 0 Å². The van der Waals surface area contributed by atoms with Crippen LogP contribution in [0, 0.1) is 11.7 Å². The number of hydrogen-bond donors (Lipinski definition) is 1. The second-order valence-corrected chi connectivity index (χ2v) is 5.79. The third-order valence-electron chi connectivity index (χ3n) is 3.79. The van der Waals surface area contributed by atoms with Crippen LogP contribution in [0.4, 0.5) is 4.39 Å². The monoisotopic (exact) mass is 280 g/mol. The summed E-state index contributed by atoms with van der Waals surface area (Å²) in [5.74, 6) is 0.603. The zero-order valence-electron chi connectivity index (χ0n) is 11.4. The molecule has 1 fully saturated rings. The van der Waals surface area contributed by atoms with Gasteiger partial charge in [0.25, 0.3) is 0 Å². The van der Waals surface area contributed by atoms with Gasteiger partial charge in [0.1, 0.15) is 10.8 Å². The molecule has 1 aromatic rings. The van der Waals surface area contributed by atoms with E-state index in [0.717, 1.165) is 24.6 Å². The largest absolute Gasteiger partial charge is 0.389 e. The van der Waals surface area contributed by atoms with Crippen LogP contribution in [0.2, 0.25) is 0 Å². The highest BCUT2D eigenvalue weighted by molar-refractivity contribution is 7.80. The van der Waals surface area contributed by atoms with E-state index in [1.165, 1.54) is 25.3 Å². The van der Waals surface area contributed by atoms with E-state index in [-0.39, 0.29) is 5.82 Å². The quantitative estimate of drug-likeness (QED) is 0.841. The molecule has 2 rings (SSSR count). The van der Waals surface area contributed by atoms with Gasteiger partial charge in [0.05, 0.1) is 0 Å². The van der Waals surface area contributed by atoms with E-state index in [1.54, 1.807) is 12.1 Å². The summed E-state index contributed by atoms with van der Waals surface area (Å²) in [7, 11) is 0. The maximum absolute atomic E-state index is 13.8. The maximum atomic E-state index is 13.8. The van der Waals surface area contributed by atoms with E-state index in [2.05, 4.69) is 11.8 Å². The van der Waals surface area contributed by atoms with E-state index < -0.39 is 0 Å². The van der Waals surface area contributed by atoms with Crippen LogP contribution in [0.1, 0.15) is 37.3 Å². The van der Waals surface area contributed by atoms with Crippen molar-refractivity contribution < 1.29 is 4.39 Å². The fourth-order valence-corrected chi connectivity index (χ4v) is 2.92. The van der Waals surface area contributed by atoms with Gasteiger partial charge in [-0.25, -0.2) is 4.39 Å². The zero-order valence-corrected chi connectivity index (χ0v) is 12.2. The molecular weight excluding hydrogens is 259 g/mol. The standard InChI is InChI=1S/C15H21FN2S/c1-2-3-11-6-7-18(9-11)10-13-8-12(15(17)19)4-5-14(13)16/h4-5,8,11H,2-3,6-7,9-10H2,1H3,(H2,17,19). The molecular formula is C15H21FN2S. The van der Waals surface area contributed by atoms with Crippen molar-refractivity contribution in [2.75, 3.05) is 13.1 Å². The first-order valence-electron chi connectivity index (χ1n) is 6.90. The number of nitrogens with two attached hydrogens (primary N) is 1. The Morgan fingerprint density at radius 2 is 2.32 bits per heavy atom. The van der Waals surface area contributed by atoms with E-state index in [9.17, 15) is 4.39 Å². The van der Waals surface area contributed by atoms with Crippen LogP contribution in [-0.4, -0.2) is 23.0 Å². The summed E-state index contributed by atoms with van der Waals surface area (Å²) in [6.45, 7) is 5.00. The third-order valence-corrected chi connectivity index (χ3v) is 4.03. The molecule has 2 nitrogen and oxygen atoms in total. The predicted molar refractivity (Wildman–Crippen MR) is 80.6 cm³/mol. The minimum atomic E-state index is -0.168. The van der Waals surface area contributed by atoms with E-state index in [4.69, 9.17) is 18.0 Å². The lowest BCUT2D eigenvalue weighted by Gasteiger charge is -2.17. The number of rotatable bonds is 5. The van der Waals surface area contributed by atoms with Gasteiger partial charge >= 0.3 is 0 Å². The Labute approximate surface area is 119 Å². The van der Waals surface area contributed by atoms with Gasteiger partial charge in [-0.15, -0.1) is 0 Å². The van der Waals surface area contributed by atoms with Crippen LogP contribution >= 0.6 is 12.2 Å². The van der Waals surface area contributed by atoms with Crippen molar-refractivity contribution in [2.24, 2.45) is 11.7 Å². The van der Waals surface area contributed by atoms with Gasteiger partial charge in [0.2, 0.25) is 0 Å². The molecule has 1 aliphatic heterocycles. The highest BCUT2D eigenvalue weighted by atomic mass is 32.1. The molecule has 0 radical (unpaired) electrons. The van der Waals surface area contributed by atoms with Gasteiger partial charge in [-0.3, -0.25) is 4.90 Å². The fourth-order valence-electron chi connectivity index (χ4n) is 2.79. The van der Waals surface area contributed by atoms with Crippen molar-refractivity contribution in [3.05, 3.63) is 35.1 Å². The molecule has 0 amide bonds. The number of hydrogen-bond acceptors (Lipinski definition) is 2. The highest BCUT2D eigenvalue weighted by Gasteiger charge is 2.22. The van der Waals surface area contributed by atoms with E-state index in [1.807, 2.05) is 0 Å². The summed E-state index contributed by atoms with van der Waals surface area (Å²) in [4.78, 5) is 2.65. The molecule has 2 N–H and O–H groups in total.